The normalized spacial score (nSPS) is 26.3. The molecule has 3 heteroatoms. The molecule has 0 aliphatic carbocycles. The summed E-state index contributed by atoms with van der Waals surface area (Å²) >= 11 is 0. The Kier molecular flexibility index (Phi) is 4.94. The van der Waals surface area contributed by atoms with Crippen molar-refractivity contribution in [3.8, 4) is 0 Å². The summed E-state index contributed by atoms with van der Waals surface area (Å²) in [6, 6.07) is 7.02. The van der Waals surface area contributed by atoms with Gasteiger partial charge < -0.3 is 10.6 Å². The first-order valence-electron chi connectivity index (χ1n) is 7.27. The lowest BCUT2D eigenvalue weighted by molar-refractivity contribution is 0.133. The third-order valence-corrected chi connectivity index (χ3v) is 4.05. The van der Waals surface area contributed by atoms with E-state index < -0.39 is 0 Å². The fraction of sp³-hybridized carbons (Fsp3) is 0.625. The van der Waals surface area contributed by atoms with Crippen LogP contribution in [0.4, 0.5) is 4.39 Å². The van der Waals surface area contributed by atoms with Gasteiger partial charge in [0.25, 0.3) is 0 Å². The number of rotatable bonds is 4. The van der Waals surface area contributed by atoms with Crippen LogP contribution in [0, 0.1) is 17.7 Å². The van der Waals surface area contributed by atoms with E-state index >= 15 is 0 Å². The van der Waals surface area contributed by atoms with E-state index in [4.69, 9.17) is 5.73 Å². The van der Waals surface area contributed by atoms with Gasteiger partial charge in [0.1, 0.15) is 5.82 Å². The Bertz CT molecular complexity index is 397. The van der Waals surface area contributed by atoms with E-state index in [0.29, 0.717) is 6.54 Å². The third-order valence-electron chi connectivity index (χ3n) is 4.05. The molecule has 2 nitrogen and oxygen atoms in total. The average molecular weight is 264 g/mol. The second-order valence-corrected chi connectivity index (χ2v) is 6.12. The lowest BCUT2D eigenvalue weighted by atomic mass is 9.90. The fourth-order valence-electron chi connectivity index (χ4n) is 3.36. The Morgan fingerprint density at radius 2 is 1.89 bits per heavy atom. The van der Waals surface area contributed by atoms with Gasteiger partial charge in [-0.05, 0) is 29.9 Å². The molecule has 1 heterocycles. The summed E-state index contributed by atoms with van der Waals surface area (Å²) in [5.41, 5.74) is 6.63. The van der Waals surface area contributed by atoms with Crippen molar-refractivity contribution >= 4 is 0 Å². The Labute approximate surface area is 115 Å². The molecule has 1 aliphatic heterocycles. The summed E-state index contributed by atoms with van der Waals surface area (Å²) in [6.45, 7) is 8.17. The Hall–Kier alpha value is -0.930. The zero-order valence-electron chi connectivity index (χ0n) is 12.0. The van der Waals surface area contributed by atoms with Gasteiger partial charge in [-0.25, -0.2) is 4.39 Å². The van der Waals surface area contributed by atoms with E-state index in [0.717, 1.165) is 37.0 Å². The zero-order valence-corrected chi connectivity index (χ0v) is 12.0. The first kappa shape index (κ1) is 14.5. The molecule has 106 valence electrons. The molecule has 3 unspecified atom stereocenters. The van der Waals surface area contributed by atoms with Crippen LogP contribution in [0.15, 0.2) is 24.3 Å². The number of piperidine rings is 1. The van der Waals surface area contributed by atoms with Gasteiger partial charge in [0, 0.05) is 32.1 Å². The molecular formula is C16H25FN2. The van der Waals surface area contributed by atoms with E-state index in [2.05, 4.69) is 18.7 Å². The van der Waals surface area contributed by atoms with E-state index in [1.807, 2.05) is 12.1 Å². The molecule has 0 saturated carbocycles. The van der Waals surface area contributed by atoms with Gasteiger partial charge in [-0.2, -0.15) is 0 Å². The van der Waals surface area contributed by atoms with Crippen LogP contribution in [-0.2, 0) is 0 Å². The number of benzene rings is 1. The van der Waals surface area contributed by atoms with E-state index in [-0.39, 0.29) is 11.7 Å². The predicted molar refractivity (Wildman–Crippen MR) is 77.6 cm³/mol. The molecule has 0 bridgehead atoms. The minimum Gasteiger partial charge on any atom is -0.330 e. The zero-order chi connectivity index (χ0) is 13.8. The highest BCUT2D eigenvalue weighted by atomic mass is 19.1. The van der Waals surface area contributed by atoms with Gasteiger partial charge >= 0.3 is 0 Å². The molecule has 2 N–H and O–H groups in total. The highest BCUT2D eigenvalue weighted by molar-refractivity contribution is 5.22. The van der Waals surface area contributed by atoms with Crippen LogP contribution in [0.5, 0.6) is 0 Å². The summed E-state index contributed by atoms with van der Waals surface area (Å²) < 4.78 is 13.9. The molecule has 2 rings (SSSR count). The smallest absolute Gasteiger partial charge is 0.126 e. The molecule has 1 aromatic rings. The van der Waals surface area contributed by atoms with Crippen molar-refractivity contribution in [3.63, 3.8) is 0 Å². The standard InChI is InChI=1S/C16H25FN2/c1-12-7-13(2)10-19(9-12)11-14(8-18)15-5-3-4-6-16(15)17/h3-6,12-14H,7-11,18H2,1-2H3. The van der Waals surface area contributed by atoms with Gasteiger partial charge in [-0.3, -0.25) is 0 Å². The number of hydrogen-bond donors (Lipinski definition) is 1. The van der Waals surface area contributed by atoms with E-state index in [1.165, 1.54) is 12.5 Å². The molecule has 1 aromatic carbocycles. The minimum atomic E-state index is -0.129. The maximum absolute atomic E-state index is 13.9. The Morgan fingerprint density at radius 3 is 2.47 bits per heavy atom. The summed E-state index contributed by atoms with van der Waals surface area (Å²) in [5, 5.41) is 0. The van der Waals surface area contributed by atoms with Gasteiger partial charge in [-0.1, -0.05) is 32.0 Å². The molecule has 19 heavy (non-hydrogen) atoms. The minimum absolute atomic E-state index is 0.0960. The Morgan fingerprint density at radius 1 is 1.26 bits per heavy atom. The molecule has 1 fully saturated rings. The largest absolute Gasteiger partial charge is 0.330 e. The molecule has 1 saturated heterocycles. The van der Waals surface area contributed by atoms with Gasteiger partial charge in [0.15, 0.2) is 0 Å². The van der Waals surface area contributed by atoms with Crippen LogP contribution < -0.4 is 5.73 Å². The monoisotopic (exact) mass is 264 g/mol. The highest BCUT2D eigenvalue weighted by Gasteiger charge is 2.25. The van der Waals surface area contributed by atoms with Crippen molar-refractivity contribution in [3.05, 3.63) is 35.6 Å². The Balaban J connectivity index is 2.05. The number of hydrogen-bond acceptors (Lipinski definition) is 2. The molecule has 0 spiro atoms. The fourth-order valence-corrected chi connectivity index (χ4v) is 3.36. The highest BCUT2D eigenvalue weighted by Crippen LogP contribution is 2.25. The van der Waals surface area contributed by atoms with Crippen LogP contribution >= 0.6 is 0 Å². The van der Waals surface area contributed by atoms with Crippen molar-refractivity contribution in [1.29, 1.82) is 0 Å². The number of halogens is 1. The predicted octanol–water partition coefficient (Wildman–Crippen LogP) is 2.85. The maximum Gasteiger partial charge on any atom is 0.126 e. The van der Waals surface area contributed by atoms with E-state index in [1.54, 1.807) is 6.07 Å². The molecule has 1 aliphatic rings. The first-order chi connectivity index (χ1) is 9.10. The topological polar surface area (TPSA) is 29.3 Å². The van der Waals surface area contributed by atoms with Crippen molar-refractivity contribution in [2.24, 2.45) is 17.6 Å². The van der Waals surface area contributed by atoms with Gasteiger partial charge in [-0.15, -0.1) is 0 Å². The van der Waals surface area contributed by atoms with Crippen LogP contribution in [0.3, 0.4) is 0 Å². The lowest BCUT2D eigenvalue weighted by Gasteiger charge is -2.37. The summed E-state index contributed by atoms with van der Waals surface area (Å²) in [7, 11) is 0. The van der Waals surface area contributed by atoms with Crippen molar-refractivity contribution < 1.29 is 4.39 Å². The molecule has 0 amide bonds. The van der Waals surface area contributed by atoms with Gasteiger partial charge in [0.2, 0.25) is 0 Å². The third kappa shape index (κ3) is 3.77. The molecule has 0 radical (unpaired) electrons. The summed E-state index contributed by atoms with van der Waals surface area (Å²) in [4.78, 5) is 2.45. The summed E-state index contributed by atoms with van der Waals surface area (Å²) in [6.07, 6.45) is 1.30. The molecule has 0 aromatic heterocycles. The van der Waals surface area contributed by atoms with Crippen LogP contribution in [0.1, 0.15) is 31.7 Å². The number of likely N-dealkylation sites (tertiary alicyclic amines) is 1. The van der Waals surface area contributed by atoms with Crippen molar-refractivity contribution in [2.45, 2.75) is 26.2 Å². The second kappa shape index (κ2) is 6.49. The molecule has 3 atom stereocenters. The van der Waals surface area contributed by atoms with Gasteiger partial charge in [0.05, 0.1) is 0 Å². The maximum atomic E-state index is 13.9. The van der Waals surface area contributed by atoms with Crippen LogP contribution in [0.2, 0.25) is 0 Å². The van der Waals surface area contributed by atoms with Crippen LogP contribution in [-0.4, -0.2) is 31.1 Å². The van der Waals surface area contributed by atoms with Crippen molar-refractivity contribution in [2.75, 3.05) is 26.2 Å². The van der Waals surface area contributed by atoms with E-state index in [9.17, 15) is 4.39 Å². The van der Waals surface area contributed by atoms with Crippen LogP contribution in [0.25, 0.3) is 0 Å². The second-order valence-electron chi connectivity index (χ2n) is 6.12. The lowest BCUT2D eigenvalue weighted by Crippen LogP contribution is -2.42. The first-order valence-corrected chi connectivity index (χ1v) is 7.27. The SMILES string of the molecule is CC1CC(C)CN(CC(CN)c2ccccc2F)C1. The summed E-state index contributed by atoms with van der Waals surface area (Å²) in [5.74, 6) is 1.42. The average Bonchev–Trinajstić information content (AvgIpc) is 2.36. The van der Waals surface area contributed by atoms with Crippen molar-refractivity contribution in [1.82, 2.24) is 4.90 Å². The quantitative estimate of drug-likeness (QED) is 0.906. The molecular weight excluding hydrogens is 239 g/mol. The number of nitrogens with two attached hydrogens (primary N) is 1. The number of nitrogens with zero attached hydrogens (tertiary/aromatic N) is 1.